The molecule has 4 fully saturated rings. The second kappa shape index (κ2) is 13.8. The number of imide groups is 2. The van der Waals surface area contributed by atoms with Gasteiger partial charge in [0, 0.05) is 43.7 Å². The number of nitrogens with one attached hydrogen (secondary N) is 1. The summed E-state index contributed by atoms with van der Waals surface area (Å²) in [6, 6.07) is 19.5. The molecule has 4 aliphatic heterocycles. The lowest BCUT2D eigenvalue weighted by Gasteiger charge is -2.38. The van der Waals surface area contributed by atoms with Crippen molar-refractivity contribution < 1.29 is 28.3 Å². The minimum absolute atomic E-state index is 0.0219. The van der Waals surface area contributed by atoms with Gasteiger partial charge in [0.05, 0.1) is 28.2 Å². The van der Waals surface area contributed by atoms with Crippen molar-refractivity contribution in [3.8, 4) is 22.8 Å². The van der Waals surface area contributed by atoms with Gasteiger partial charge in [-0.2, -0.15) is 5.10 Å². The lowest BCUT2D eigenvalue weighted by atomic mass is 9.85. The molecule has 4 amide bonds. The van der Waals surface area contributed by atoms with Crippen molar-refractivity contribution in [3.05, 3.63) is 90.0 Å². The van der Waals surface area contributed by atoms with Gasteiger partial charge < -0.3 is 15.4 Å². The zero-order chi connectivity index (χ0) is 38.9. The lowest BCUT2D eigenvalue weighted by molar-refractivity contribution is -0.136. The predicted octanol–water partition coefficient (Wildman–Crippen LogP) is 5.10. The number of carbonyl (C=O) groups is 4. The number of halogens is 1. The molecule has 0 radical (unpaired) electrons. The number of anilines is 2. The highest BCUT2D eigenvalue weighted by molar-refractivity contribution is 6.23. The standard InChI is InChI=1S/C42H40FN9O5/c43-32-17-30-31(42(56)51(41(30)55)33-14-15-35(53)47-40(33)54)18-34(32)50-21-26-16-27(50)20-49(26)19-23-6-10-25(11-7-23)52-39-36(38(44)45-22-46-39)37(48-52)24-8-12-29(13-9-24)57-28-4-2-1-3-5-28/h1-5,8-9,12-13,17-18,22-23,25-27,33H,6-7,10-11,14-16,19-21H2,(H2,44,45,46)(H,47,53,54)/t23?,25?,26-,27-,33?/m1/s1. The third-order valence-corrected chi connectivity index (χ3v) is 12.5. The van der Waals surface area contributed by atoms with Crippen LogP contribution in [0.5, 0.6) is 11.5 Å². The maximum atomic E-state index is 15.7. The highest BCUT2D eigenvalue weighted by Gasteiger charge is 2.48. The van der Waals surface area contributed by atoms with Crippen LogP contribution in [0.2, 0.25) is 0 Å². The number of hydrogen-bond acceptors (Lipinski definition) is 11. The van der Waals surface area contributed by atoms with Gasteiger partial charge in [0.25, 0.3) is 11.8 Å². The fraction of sp³-hybridized carbons (Fsp3) is 0.357. The smallest absolute Gasteiger partial charge is 0.262 e. The molecule has 3 atom stereocenters. The van der Waals surface area contributed by atoms with Crippen LogP contribution in [0.1, 0.15) is 71.7 Å². The first-order valence-electron chi connectivity index (χ1n) is 19.6. The SMILES string of the molecule is Nc1ncnc2c1c(-c1ccc(Oc3ccccc3)cc1)nn2C1CCC(CN2C[C@H]3C[C@@H]2CN3c2cc3c(cc2F)C(=O)N(C2CCC(=O)NC2=O)C3=O)CC1. The number of piperidine rings is 1. The van der Waals surface area contributed by atoms with Crippen LogP contribution in [0, 0.1) is 11.7 Å². The Kier molecular flexibility index (Phi) is 8.50. The molecule has 0 spiro atoms. The molecule has 1 aliphatic carbocycles. The number of fused-ring (bicyclic) bond motifs is 4. The number of para-hydroxylation sites is 1. The van der Waals surface area contributed by atoms with E-state index in [9.17, 15) is 19.2 Å². The number of amides is 4. The van der Waals surface area contributed by atoms with Crippen molar-refractivity contribution >= 4 is 46.2 Å². The summed E-state index contributed by atoms with van der Waals surface area (Å²) in [4.78, 5) is 65.2. The van der Waals surface area contributed by atoms with Gasteiger partial charge in [0.15, 0.2) is 5.65 Å². The number of nitrogens with two attached hydrogens (primary N) is 1. The minimum atomic E-state index is -1.10. The van der Waals surface area contributed by atoms with Gasteiger partial charge in [-0.15, -0.1) is 0 Å². The molecule has 10 rings (SSSR count). The summed E-state index contributed by atoms with van der Waals surface area (Å²) >= 11 is 0. The number of nitrogen functional groups attached to an aromatic ring is 1. The Labute approximate surface area is 326 Å². The number of benzene rings is 3. The second-order valence-electron chi connectivity index (χ2n) is 15.8. The summed E-state index contributed by atoms with van der Waals surface area (Å²) in [5.41, 5.74) is 9.16. The Morgan fingerprint density at radius 3 is 2.28 bits per heavy atom. The zero-order valence-corrected chi connectivity index (χ0v) is 31.0. The van der Waals surface area contributed by atoms with Gasteiger partial charge in [0.1, 0.15) is 41.2 Å². The second-order valence-corrected chi connectivity index (χ2v) is 15.8. The first-order valence-corrected chi connectivity index (χ1v) is 19.6. The van der Waals surface area contributed by atoms with E-state index in [1.807, 2.05) is 64.2 Å². The number of likely N-dealkylation sites (tertiary alicyclic amines) is 1. The normalized spacial score (nSPS) is 24.8. The molecule has 2 aromatic heterocycles. The number of hydrogen-bond donors (Lipinski definition) is 2. The van der Waals surface area contributed by atoms with Crippen molar-refractivity contribution in [2.24, 2.45) is 5.92 Å². The van der Waals surface area contributed by atoms with Gasteiger partial charge in [0.2, 0.25) is 11.8 Å². The topological polar surface area (TPSA) is 169 Å². The van der Waals surface area contributed by atoms with Crippen molar-refractivity contribution in [2.45, 2.75) is 69.1 Å². The Balaban J connectivity index is 0.787. The quantitative estimate of drug-likeness (QED) is 0.202. The molecule has 290 valence electrons. The van der Waals surface area contributed by atoms with Crippen LogP contribution in [0.3, 0.4) is 0 Å². The van der Waals surface area contributed by atoms with E-state index >= 15 is 4.39 Å². The predicted molar refractivity (Wildman–Crippen MR) is 207 cm³/mol. The molecular formula is C42H40FN9O5. The number of nitrogens with zero attached hydrogens (tertiary/aromatic N) is 7. The van der Waals surface area contributed by atoms with E-state index in [-0.39, 0.29) is 42.1 Å². The number of piperazine rings is 1. The summed E-state index contributed by atoms with van der Waals surface area (Å²) < 4.78 is 23.7. The first-order chi connectivity index (χ1) is 27.7. The van der Waals surface area contributed by atoms with E-state index in [0.717, 1.165) is 89.9 Å². The van der Waals surface area contributed by atoms with E-state index < -0.39 is 35.5 Å². The first kappa shape index (κ1) is 35.2. The Morgan fingerprint density at radius 2 is 1.56 bits per heavy atom. The van der Waals surface area contributed by atoms with Crippen LogP contribution in [0.4, 0.5) is 15.9 Å². The molecule has 1 unspecified atom stereocenters. The largest absolute Gasteiger partial charge is 0.457 e. The van der Waals surface area contributed by atoms with E-state index in [2.05, 4.69) is 20.2 Å². The molecule has 2 bridgehead atoms. The van der Waals surface area contributed by atoms with Crippen molar-refractivity contribution in [1.29, 1.82) is 0 Å². The molecular weight excluding hydrogens is 730 g/mol. The van der Waals surface area contributed by atoms with Crippen molar-refractivity contribution in [1.82, 2.24) is 34.9 Å². The summed E-state index contributed by atoms with van der Waals surface area (Å²) in [7, 11) is 0. The molecule has 5 aliphatic rings. The van der Waals surface area contributed by atoms with Crippen molar-refractivity contribution in [2.75, 3.05) is 30.3 Å². The van der Waals surface area contributed by atoms with E-state index in [1.54, 1.807) is 0 Å². The Hall–Kier alpha value is -6.22. The third-order valence-electron chi connectivity index (χ3n) is 12.5. The molecule has 15 heteroatoms. The highest BCUT2D eigenvalue weighted by Crippen LogP contribution is 2.42. The average molecular weight is 770 g/mol. The molecule has 57 heavy (non-hydrogen) atoms. The number of rotatable bonds is 8. The van der Waals surface area contributed by atoms with Crippen molar-refractivity contribution in [3.63, 3.8) is 0 Å². The maximum absolute atomic E-state index is 15.7. The van der Waals surface area contributed by atoms with Crippen LogP contribution in [0.15, 0.2) is 73.1 Å². The lowest BCUT2D eigenvalue weighted by Crippen LogP contribution is -2.54. The van der Waals surface area contributed by atoms with Crippen LogP contribution in [0.25, 0.3) is 22.3 Å². The molecule has 3 saturated heterocycles. The fourth-order valence-electron chi connectivity index (χ4n) is 9.63. The molecule has 6 heterocycles. The van der Waals surface area contributed by atoms with E-state index in [0.29, 0.717) is 24.0 Å². The van der Waals surface area contributed by atoms with Crippen LogP contribution >= 0.6 is 0 Å². The molecule has 3 aromatic carbocycles. The summed E-state index contributed by atoms with van der Waals surface area (Å²) in [5, 5.41) is 8.04. The zero-order valence-electron chi connectivity index (χ0n) is 31.0. The average Bonchev–Trinajstić information content (AvgIpc) is 3.98. The number of ether oxygens (including phenoxy) is 1. The number of aromatic nitrogens is 4. The summed E-state index contributed by atoms with van der Waals surface area (Å²) in [6.45, 7) is 2.37. The van der Waals surface area contributed by atoms with Gasteiger partial charge in [-0.25, -0.2) is 19.0 Å². The maximum Gasteiger partial charge on any atom is 0.262 e. The molecule has 14 nitrogen and oxygen atoms in total. The van der Waals surface area contributed by atoms with E-state index in [1.165, 1.54) is 12.4 Å². The minimum Gasteiger partial charge on any atom is -0.457 e. The summed E-state index contributed by atoms with van der Waals surface area (Å²) in [5.74, 6) is -0.657. The monoisotopic (exact) mass is 769 g/mol. The Morgan fingerprint density at radius 1 is 0.825 bits per heavy atom. The molecule has 5 aromatic rings. The highest BCUT2D eigenvalue weighted by atomic mass is 19.1. The molecule has 1 saturated carbocycles. The van der Waals surface area contributed by atoms with Gasteiger partial charge >= 0.3 is 0 Å². The van der Waals surface area contributed by atoms with Gasteiger partial charge in [-0.05, 0) is 93.0 Å². The Bertz CT molecular complexity index is 2450. The summed E-state index contributed by atoms with van der Waals surface area (Å²) in [6.07, 6.45) is 6.42. The fourth-order valence-corrected chi connectivity index (χ4v) is 9.63. The van der Waals surface area contributed by atoms with Crippen LogP contribution in [-0.2, 0) is 9.59 Å². The van der Waals surface area contributed by atoms with Crippen LogP contribution in [-0.4, -0.2) is 90.9 Å². The van der Waals surface area contributed by atoms with Gasteiger partial charge in [-0.1, -0.05) is 18.2 Å². The van der Waals surface area contributed by atoms with E-state index in [4.69, 9.17) is 15.6 Å². The third kappa shape index (κ3) is 6.07. The van der Waals surface area contributed by atoms with Gasteiger partial charge in [-0.3, -0.25) is 34.3 Å². The molecule has 3 N–H and O–H groups in total. The number of carbonyl (C=O) groups excluding carboxylic acids is 4. The van der Waals surface area contributed by atoms with Crippen LogP contribution < -0.4 is 20.7 Å².